The predicted molar refractivity (Wildman–Crippen MR) is 114 cm³/mol. The molecule has 1 amide bonds. The molecule has 2 aromatic rings. The van der Waals surface area contributed by atoms with Gasteiger partial charge in [-0.2, -0.15) is 4.31 Å². The minimum absolute atomic E-state index is 0.0642. The molecule has 1 saturated carbocycles. The maximum absolute atomic E-state index is 12.8. The zero-order valence-electron chi connectivity index (χ0n) is 17.6. The third-order valence-electron chi connectivity index (χ3n) is 5.32. The van der Waals surface area contributed by atoms with Crippen LogP contribution in [0.3, 0.4) is 0 Å². The zero-order valence-corrected chi connectivity index (χ0v) is 18.5. The van der Waals surface area contributed by atoms with Gasteiger partial charge in [0.05, 0.1) is 4.90 Å². The van der Waals surface area contributed by atoms with Crippen molar-refractivity contribution in [3.63, 3.8) is 0 Å². The van der Waals surface area contributed by atoms with E-state index in [1.807, 2.05) is 13.8 Å². The summed E-state index contributed by atoms with van der Waals surface area (Å²) in [5.74, 6) is 0.408. The van der Waals surface area contributed by atoms with Crippen LogP contribution in [0.1, 0.15) is 81.0 Å². The fourth-order valence-electron chi connectivity index (χ4n) is 3.75. The third kappa shape index (κ3) is 5.26. The Morgan fingerprint density at radius 3 is 2.30 bits per heavy atom. The van der Waals surface area contributed by atoms with Gasteiger partial charge in [0, 0.05) is 24.6 Å². The monoisotopic (exact) mass is 434 g/mol. The number of carbonyl (C=O) groups excluding carboxylic acids is 1. The molecule has 0 aliphatic heterocycles. The van der Waals surface area contributed by atoms with Gasteiger partial charge in [0.15, 0.2) is 0 Å². The van der Waals surface area contributed by atoms with Crippen molar-refractivity contribution in [1.29, 1.82) is 0 Å². The Morgan fingerprint density at radius 1 is 1.07 bits per heavy atom. The first-order valence-corrected chi connectivity index (χ1v) is 12.1. The Bertz CT molecular complexity index is 928. The van der Waals surface area contributed by atoms with Crippen molar-refractivity contribution < 1.29 is 17.6 Å². The number of rotatable bonds is 9. The van der Waals surface area contributed by atoms with E-state index < -0.39 is 15.9 Å². The highest BCUT2D eigenvalue weighted by atomic mass is 32.2. The molecule has 164 valence electrons. The van der Waals surface area contributed by atoms with Gasteiger partial charge in [-0.3, -0.25) is 10.1 Å². The maximum atomic E-state index is 12.8. The summed E-state index contributed by atoms with van der Waals surface area (Å²) in [5, 5.41) is 10.6. The lowest BCUT2D eigenvalue weighted by Crippen LogP contribution is -2.32. The lowest BCUT2D eigenvalue weighted by Gasteiger charge is -2.21. The number of anilines is 1. The van der Waals surface area contributed by atoms with Gasteiger partial charge in [-0.15, -0.1) is 5.10 Å². The summed E-state index contributed by atoms with van der Waals surface area (Å²) in [6, 6.07) is 5.98. The van der Waals surface area contributed by atoms with Gasteiger partial charge in [-0.1, -0.05) is 38.2 Å². The van der Waals surface area contributed by atoms with Crippen molar-refractivity contribution in [3.05, 3.63) is 35.7 Å². The first-order chi connectivity index (χ1) is 14.5. The van der Waals surface area contributed by atoms with E-state index >= 15 is 0 Å². The molecule has 1 aromatic carbocycles. The molecular formula is C21H30N4O4S. The molecule has 3 rings (SSSR count). The van der Waals surface area contributed by atoms with Crippen molar-refractivity contribution in [2.24, 2.45) is 0 Å². The van der Waals surface area contributed by atoms with Crippen LogP contribution < -0.4 is 5.32 Å². The molecule has 0 bridgehead atoms. The van der Waals surface area contributed by atoms with Crippen LogP contribution in [-0.4, -0.2) is 41.9 Å². The molecule has 0 radical (unpaired) electrons. The van der Waals surface area contributed by atoms with Crippen LogP contribution in [0.2, 0.25) is 0 Å². The first kappa shape index (κ1) is 22.4. The largest absolute Gasteiger partial charge is 0.408 e. The average Bonchev–Trinajstić information content (AvgIpc) is 3.23. The van der Waals surface area contributed by atoms with E-state index in [0.29, 0.717) is 24.5 Å². The van der Waals surface area contributed by atoms with Gasteiger partial charge in [-0.25, -0.2) is 8.42 Å². The normalized spacial score (nSPS) is 15.4. The second-order valence-electron chi connectivity index (χ2n) is 7.66. The van der Waals surface area contributed by atoms with Crippen molar-refractivity contribution in [1.82, 2.24) is 14.5 Å². The molecule has 1 aliphatic carbocycles. The summed E-state index contributed by atoms with van der Waals surface area (Å²) in [6.45, 7) is 4.84. The van der Waals surface area contributed by atoms with E-state index in [4.69, 9.17) is 4.42 Å². The summed E-state index contributed by atoms with van der Waals surface area (Å²) < 4.78 is 32.8. The highest BCUT2D eigenvalue weighted by Crippen LogP contribution is 2.32. The van der Waals surface area contributed by atoms with Gasteiger partial charge in [0.1, 0.15) is 0 Å². The number of nitrogens with zero attached hydrogens (tertiary/aromatic N) is 3. The van der Waals surface area contributed by atoms with Crippen molar-refractivity contribution in [3.8, 4) is 0 Å². The van der Waals surface area contributed by atoms with Crippen molar-refractivity contribution in [2.75, 3.05) is 18.4 Å². The summed E-state index contributed by atoms with van der Waals surface area (Å²) in [5.41, 5.74) is 0.323. The minimum Gasteiger partial charge on any atom is -0.408 e. The summed E-state index contributed by atoms with van der Waals surface area (Å²) in [7, 11) is -3.58. The molecule has 1 fully saturated rings. The molecule has 1 N–H and O–H groups in total. The van der Waals surface area contributed by atoms with Gasteiger partial charge < -0.3 is 4.42 Å². The molecule has 0 saturated heterocycles. The molecule has 30 heavy (non-hydrogen) atoms. The van der Waals surface area contributed by atoms with Gasteiger partial charge in [0.2, 0.25) is 15.9 Å². The van der Waals surface area contributed by atoms with E-state index in [2.05, 4.69) is 15.5 Å². The number of hydrogen-bond acceptors (Lipinski definition) is 6. The van der Waals surface area contributed by atoms with E-state index in [1.165, 1.54) is 35.0 Å². The van der Waals surface area contributed by atoms with Crippen LogP contribution in [0, 0.1) is 0 Å². The van der Waals surface area contributed by atoms with Crippen LogP contribution in [-0.2, 0) is 10.0 Å². The first-order valence-electron chi connectivity index (χ1n) is 10.7. The number of aromatic nitrogens is 2. The quantitative estimate of drug-likeness (QED) is 0.635. The second-order valence-corrected chi connectivity index (χ2v) is 9.60. The fourth-order valence-corrected chi connectivity index (χ4v) is 5.37. The number of sulfonamides is 1. The van der Waals surface area contributed by atoms with E-state index in [9.17, 15) is 13.2 Å². The Balaban J connectivity index is 1.67. The van der Waals surface area contributed by atoms with E-state index in [1.54, 1.807) is 0 Å². The van der Waals surface area contributed by atoms with Crippen LogP contribution >= 0.6 is 0 Å². The topological polar surface area (TPSA) is 105 Å². The molecule has 0 unspecified atom stereocenters. The Morgan fingerprint density at radius 2 is 1.70 bits per heavy atom. The third-order valence-corrected chi connectivity index (χ3v) is 7.23. The highest BCUT2D eigenvalue weighted by molar-refractivity contribution is 7.89. The molecule has 0 atom stereocenters. The van der Waals surface area contributed by atoms with Crippen LogP contribution in [0.25, 0.3) is 0 Å². The smallest absolute Gasteiger partial charge is 0.322 e. The summed E-state index contributed by atoms with van der Waals surface area (Å²) in [4.78, 5) is 12.7. The molecule has 0 spiro atoms. The zero-order chi connectivity index (χ0) is 21.6. The maximum Gasteiger partial charge on any atom is 0.322 e. The molecule has 1 aromatic heterocycles. The molecule has 8 nitrogen and oxygen atoms in total. The minimum atomic E-state index is -3.58. The molecule has 1 aliphatic rings. The molecular weight excluding hydrogens is 404 g/mol. The van der Waals surface area contributed by atoms with E-state index in [0.717, 1.165) is 38.5 Å². The van der Waals surface area contributed by atoms with Gasteiger partial charge >= 0.3 is 6.01 Å². The summed E-state index contributed by atoms with van der Waals surface area (Å²) in [6.07, 6.45) is 7.07. The number of benzene rings is 1. The fraction of sp³-hybridized carbons (Fsp3) is 0.571. The van der Waals surface area contributed by atoms with Crippen LogP contribution in [0.15, 0.2) is 33.6 Å². The van der Waals surface area contributed by atoms with Gasteiger partial charge in [-0.05, 0) is 49.9 Å². The Hall–Kier alpha value is -2.26. The Kier molecular flexibility index (Phi) is 7.60. The average molecular weight is 435 g/mol. The number of nitrogens with one attached hydrogen (secondary N) is 1. The van der Waals surface area contributed by atoms with Crippen LogP contribution in [0.4, 0.5) is 6.01 Å². The van der Waals surface area contributed by atoms with Crippen molar-refractivity contribution in [2.45, 2.75) is 69.6 Å². The summed E-state index contributed by atoms with van der Waals surface area (Å²) >= 11 is 0. The molecule has 1 heterocycles. The van der Waals surface area contributed by atoms with E-state index in [-0.39, 0.29) is 16.8 Å². The number of hydrogen-bond donors (Lipinski definition) is 1. The lowest BCUT2D eigenvalue weighted by atomic mass is 9.89. The van der Waals surface area contributed by atoms with Crippen LogP contribution in [0.5, 0.6) is 0 Å². The Labute approximate surface area is 178 Å². The predicted octanol–water partition coefficient (Wildman–Crippen LogP) is 4.18. The second kappa shape index (κ2) is 10.2. The van der Waals surface area contributed by atoms with Crippen molar-refractivity contribution >= 4 is 21.9 Å². The number of carbonyl (C=O) groups is 1. The standard InChI is InChI=1S/C21H30N4O4S/c1-3-14-25(15-4-2)30(27,28)18-12-10-16(11-13-18)19(26)22-21-24-23-20(29-21)17-8-6-5-7-9-17/h10-13,17H,3-9,14-15H2,1-2H3,(H,22,24,26). The highest BCUT2D eigenvalue weighted by Gasteiger charge is 2.24. The SMILES string of the molecule is CCCN(CCC)S(=O)(=O)c1ccc(C(=O)Nc2nnc(C3CCCCC3)o2)cc1. The number of amides is 1. The lowest BCUT2D eigenvalue weighted by molar-refractivity contribution is 0.102. The van der Waals surface area contributed by atoms with Gasteiger partial charge in [0.25, 0.3) is 5.91 Å². The molecule has 9 heteroatoms.